The molecule has 3 rings (SSSR count). The summed E-state index contributed by atoms with van der Waals surface area (Å²) >= 11 is 0. The van der Waals surface area contributed by atoms with Crippen LogP contribution < -0.4 is 14.9 Å². The molecule has 0 spiro atoms. The predicted octanol–water partition coefficient (Wildman–Crippen LogP) is 2.66. The first-order valence-corrected chi connectivity index (χ1v) is 10.5. The SMILES string of the molecule is CC1CNCCC1NC(=O)c1ccccc1S(=O)(=O)N(C)c1ccccc1.Cl. The minimum absolute atomic E-state index is 0. The van der Waals surface area contributed by atoms with Crippen molar-refractivity contribution in [2.75, 3.05) is 24.4 Å². The largest absolute Gasteiger partial charge is 0.349 e. The Labute approximate surface area is 172 Å². The first kappa shape index (κ1) is 22.2. The molecule has 1 saturated heterocycles. The highest BCUT2D eigenvalue weighted by Crippen LogP contribution is 2.24. The van der Waals surface area contributed by atoms with Gasteiger partial charge in [0.25, 0.3) is 15.9 Å². The number of sulfonamides is 1. The summed E-state index contributed by atoms with van der Waals surface area (Å²) in [7, 11) is -2.37. The Bertz CT molecular complexity index is 906. The average molecular weight is 424 g/mol. The molecule has 1 amide bonds. The second kappa shape index (κ2) is 9.41. The summed E-state index contributed by atoms with van der Waals surface area (Å²) in [5.74, 6) is -0.0622. The smallest absolute Gasteiger partial charge is 0.264 e. The minimum atomic E-state index is -3.86. The number of rotatable bonds is 5. The molecule has 8 heteroatoms. The standard InChI is InChI=1S/C20H25N3O3S.ClH/c1-15-14-21-13-12-18(15)22-20(24)17-10-6-7-11-19(17)27(25,26)23(2)16-8-4-3-5-9-16;/h3-11,15,18,21H,12-14H2,1-2H3,(H,22,24);1H. The number of hydrogen-bond acceptors (Lipinski definition) is 4. The van der Waals surface area contributed by atoms with E-state index in [4.69, 9.17) is 0 Å². The highest BCUT2D eigenvalue weighted by molar-refractivity contribution is 7.92. The van der Waals surface area contributed by atoms with Gasteiger partial charge in [-0.05, 0) is 49.7 Å². The first-order valence-electron chi connectivity index (χ1n) is 9.06. The molecule has 2 N–H and O–H groups in total. The maximum atomic E-state index is 13.2. The molecule has 28 heavy (non-hydrogen) atoms. The van der Waals surface area contributed by atoms with Crippen LogP contribution in [0.4, 0.5) is 5.69 Å². The molecule has 1 heterocycles. The fourth-order valence-electron chi connectivity index (χ4n) is 3.28. The van der Waals surface area contributed by atoms with E-state index in [0.29, 0.717) is 11.6 Å². The molecular formula is C20H26ClN3O3S. The number of anilines is 1. The van der Waals surface area contributed by atoms with E-state index in [1.807, 2.05) is 6.07 Å². The summed E-state index contributed by atoms with van der Waals surface area (Å²) in [6.07, 6.45) is 0.825. The van der Waals surface area contributed by atoms with Crippen LogP contribution in [0, 0.1) is 5.92 Å². The van der Waals surface area contributed by atoms with E-state index in [1.54, 1.807) is 42.5 Å². The number of nitrogens with one attached hydrogen (secondary N) is 2. The summed E-state index contributed by atoms with van der Waals surface area (Å²) in [4.78, 5) is 12.9. The number of nitrogens with zero attached hydrogens (tertiary/aromatic N) is 1. The molecule has 0 aromatic heterocycles. The lowest BCUT2D eigenvalue weighted by Crippen LogP contribution is -2.48. The van der Waals surface area contributed by atoms with Crippen LogP contribution in [0.1, 0.15) is 23.7 Å². The van der Waals surface area contributed by atoms with E-state index < -0.39 is 10.0 Å². The van der Waals surface area contributed by atoms with Crippen molar-refractivity contribution in [1.82, 2.24) is 10.6 Å². The predicted molar refractivity (Wildman–Crippen MR) is 114 cm³/mol. The van der Waals surface area contributed by atoms with Crippen LogP contribution in [0.25, 0.3) is 0 Å². The van der Waals surface area contributed by atoms with Crippen LogP contribution in [-0.2, 0) is 10.0 Å². The second-order valence-corrected chi connectivity index (χ2v) is 8.79. The number of hydrogen-bond donors (Lipinski definition) is 2. The van der Waals surface area contributed by atoms with Gasteiger partial charge in [-0.25, -0.2) is 8.42 Å². The fraction of sp³-hybridized carbons (Fsp3) is 0.350. The van der Waals surface area contributed by atoms with Crippen molar-refractivity contribution in [1.29, 1.82) is 0 Å². The molecule has 0 bridgehead atoms. The van der Waals surface area contributed by atoms with E-state index in [2.05, 4.69) is 17.6 Å². The van der Waals surface area contributed by atoms with E-state index in [9.17, 15) is 13.2 Å². The maximum Gasteiger partial charge on any atom is 0.264 e. The normalized spacial score (nSPS) is 19.4. The van der Waals surface area contributed by atoms with Gasteiger partial charge in [0.15, 0.2) is 0 Å². The van der Waals surface area contributed by atoms with Gasteiger partial charge in [-0.3, -0.25) is 9.10 Å². The van der Waals surface area contributed by atoms with E-state index >= 15 is 0 Å². The van der Waals surface area contributed by atoms with Crippen molar-refractivity contribution in [3.8, 4) is 0 Å². The van der Waals surface area contributed by atoms with Crippen LogP contribution in [0.3, 0.4) is 0 Å². The van der Waals surface area contributed by atoms with Gasteiger partial charge in [0.1, 0.15) is 4.90 Å². The number of piperidine rings is 1. The van der Waals surface area contributed by atoms with Crippen molar-refractivity contribution in [2.24, 2.45) is 5.92 Å². The monoisotopic (exact) mass is 423 g/mol. The zero-order chi connectivity index (χ0) is 19.4. The summed E-state index contributed by atoms with van der Waals surface area (Å²) < 4.78 is 27.5. The Morgan fingerprint density at radius 3 is 2.43 bits per heavy atom. The molecule has 152 valence electrons. The lowest BCUT2D eigenvalue weighted by Gasteiger charge is -2.30. The summed E-state index contributed by atoms with van der Waals surface area (Å²) in [5, 5.41) is 6.31. The molecular weight excluding hydrogens is 398 g/mol. The van der Waals surface area contributed by atoms with Crippen LogP contribution in [-0.4, -0.2) is 40.5 Å². The Balaban J connectivity index is 0.00000280. The number of halogens is 1. The summed E-state index contributed by atoms with van der Waals surface area (Å²) in [5.41, 5.74) is 0.714. The zero-order valence-corrected chi connectivity index (χ0v) is 17.6. The average Bonchev–Trinajstić information content (AvgIpc) is 2.69. The first-order chi connectivity index (χ1) is 12.9. The Morgan fingerprint density at radius 1 is 1.11 bits per heavy atom. The van der Waals surface area contributed by atoms with Gasteiger partial charge in [0, 0.05) is 13.1 Å². The van der Waals surface area contributed by atoms with Crippen molar-refractivity contribution in [3.63, 3.8) is 0 Å². The molecule has 2 atom stereocenters. The molecule has 0 saturated carbocycles. The van der Waals surface area contributed by atoms with Crippen LogP contribution >= 0.6 is 12.4 Å². The van der Waals surface area contributed by atoms with Gasteiger partial charge in [-0.15, -0.1) is 12.4 Å². The zero-order valence-electron chi connectivity index (χ0n) is 16.0. The lowest BCUT2D eigenvalue weighted by molar-refractivity contribution is 0.0911. The number of benzene rings is 2. The number of amides is 1. The molecule has 6 nitrogen and oxygen atoms in total. The van der Waals surface area contributed by atoms with Crippen LogP contribution in [0.15, 0.2) is 59.5 Å². The van der Waals surface area contributed by atoms with Gasteiger partial charge >= 0.3 is 0 Å². The second-order valence-electron chi connectivity index (χ2n) is 6.85. The number of para-hydroxylation sites is 1. The Hall–Kier alpha value is -2.09. The van der Waals surface area contributed by atoms with Crippen molar-refractivity contribution < 1.29 is 13.2 Å². The van der Waals surface area contributed by atoms with Crippen LogP contribution in [0.5, 0.6) is 0 Å². The quantitative estimate of drug-likeness (QED) is 0.774. The molecule has 2 aromatic rings. The molecule has 0 radical (unpaired) electrons. The van der Waals surface area contributed by atoms with E-state index in [0.717, 1.165) is 19.5 Å². The Morgan fingerprint density at radius 2 is 1.75 bits per heavy atom. The van der Waals surface area contributed by atoms with E-state index in [-0.39, 0.29) is 34.8 Å². The molecule has 0 aliphatic carbocycles. The van der Waals surface area contributed by atoms with Gasteiger partial charge in [0.05, 0.1) is 11.3 Å². The Kier molecular flexibility index (Phi) is 7.46. The highest BCUT2D eigenvalue weighted by Gasteiger charge is 2.29. The maximum absolute atomic E-state index is 13.2. The summed E-state index contributed by atoms with van der Waals surface area (Å²) in [6, 6.07) is 15.2. The minimum Gasteiger partial charge on any atom is -0.349 e. The van der Waals surface area contributed by atoms with Gasteiger partial charge in [-0.1, -0.05) is 37.3 Å². The van der Waals surface area contributed by atoms with Crippen molar-refractivity contribution in [2.45, 2.75) is 24.3 Å². The number of carbonyl (C=O) groups is 1. The molecule has 2 unspecified atom stereocenters. The topological polar surface area (TPSA) is 78.5 Å². The molecule has 1 aliphatic heterocycles. The summed E-state index contributed by atoms with van der Waals surface area (Å²) in [6.45, 7) is 3.75. The molecule has 1 fully saturated rings. The van der Waals surface area contributed by atoms with Gasteiger partial charge < -0.3 is 10.6 Å². The third kappa shape index (κ3) is 4.66. The lowest BCUT2D eigenvalue weighted by atomic mass is 9.95. The third-order valence-electron chi connectivity index (χ3n) is 4.99. The highest BCUT2D eigenvalue weighted by atomic mass is 35.5. The van der Waals surface area contributed by atoms with Crippen molar-refractivity contribution in [3.05, 3.63) is 60.2 Å². The molecule has 1 aliphatic rings. The number of carbonyl (C=O) groups excluding carboxylic acids is 1. The third-order valence-corrected chi connectivity index (χ3v) is 6.84. The van der Waals surface area contributed by atoms with Crippen molar-refractivity contribution >= 4 is 34.0 Å². The van der Waals surface area contributed by atoms with Gasteiger partial charge in [0.2, 0.25) is 0 Å². The van der Waals surface area contributed by atoms with Crippen LogP contribution in [0.2, 0.25) is 0 Å². The molecule has 2 aromatic carbocycles. The van der Waals surface area contributed by atoms with E-state index in [1.165, 1.54) is 17.4 Å². The van der Waals surface area contributed by atoms with Gasteiger partial charge in [-0.2, -0.15) is 0 Å². The fourth-order valence-corrected chi connectivity index (χ4v) is 4.66.